The second kappa shape index (κ2) is 5.73. The average molecular weight is 332 g/mol. The zero-order chi connectivity index (χ0) is 17.4. The second-order valence-electron chi connectivity index (χ2n) is 5.60. The highest BCUT2D eigenvalue weighted by atomic mass is 19.4. The van der Waals surface area contributed by atoms with Crippen molar-refractivity contribution in [1.29, 1.82) is 0 Å². The van der Waals surface area contributed by atoms with E-state index < -0.39 is 35.7 Å². The van der Waals surface area contributed by atoms with Crippen LogP contribution in [0.4, 0.5) is 18.0 Å². The maximum Gasteiger partial charge on any atom is 0.573 e. The zero-order valence-electron chi connectivity index (χ0n) is 12.3. The molecule has 1 aliphatic rings. The highest BCUT2D eigenvalue weighted by Crippen LogP contribution is 2.26. The van der Waals surface area contributed by atoms with Crippen LogP contribution in [0.25, 0.3) is 0 Å². The molecule has 1 aromatic carbocycles. The molecule has 2 rings (SSSR count). The first-order valence-electron chi connectivity index (χ1n) is 6.67. The van der Waals surface area contributed by atoms with Crippen molar-refractivity contribution in [3.05, 3.63) is 29.8 Å². The van der Waals surface area contributed by atoms with Crippen molar-refractivity contribution in [2.75, 3.05) is 6.54 Å². The minimum atomic E-state index is -4.80. The molecule has 0 aliphatic carbocycles. The average Bonchev–Trinajstić information content (AvgIpc) is 2.60. The molecule has 0 spiro atoms. The summed E-state index contributed by atoms with van der Waals surface area (Å²) in [7, 11) is 0. The molecule has 1 heterocycles. The van der Waals surface area contributed by atoms with Gasteiger partial charge in [0.15, 0.2) is 0 Å². The summed E-state index contributed by atoms with van der Waals surface area (Å²) in [4.78, 5) is 24.6. The molecule has 1 saturated heterocycles. The fourth-order valence-electron chi connectivity index (χ4n) is 2.15. The second-order valence-corrected chi connectivity index (χ2v) is 5.60. The summed E-state index contributed by atoms with van der Waals surface area (Å²) in [6.45, 7) is 2.76. The van der Waals surface area contributed by atoms with Gasteiger partial charge in [-0.3, -0.25) is 9.69 Å². The Balaban J connectivity index is 2.05. The predicted molar refractivity (Wildman–Crippen MR) is 72.4 cm³/mol. The Hall–Kier alpha value is -2.29. The number of imide groups is 1. The molecule has 0 aromatic heterocycles. The fourth-order valence-corrected chi connectivity index (χ4v) is 2.15. The van der Waals surface area contributed by atoms with Crippen LogP contribution in [0.2, 0.25) is 0 Å². The summed E-state index contributed by atoms with van der Waals surface area (Å²) >= 11 is 0. The Bertz CT molecular complexity index is 613. The predicted octanol–water partition coefficient (Wildman–Crippen LogP) is 1.95. The van der Waals surface area contributed by atoms with Gasteiger partial charge in [0.05, 0.1) is 12.6 Å². The fraction of sp³-hybridized carbons (Fsp3) is 0.429. The quantitative estimate of drug-likeness (QED) is 0.826. The number of ether oxygens (including phenoxy) is 1. The van der Waals surface area contributed by atoms with Gasteiger partial charge in [-0.25, -0.2) is 4.79 Å². The van der Waals surface area contributed by atoms with E-state index in [9.17, 15) is 27.9 Å². The van der Waals surface area contributed by atoms with Gasteiger partial charge in [0.25, 0.3) is 5.91 Å². The van der Waals surface area contributed by atoms with Crippen molar-refractivity contribution in [3.8, 4) is 5.75 Å². The zero-order valence-corrected chi connectivity index (χ0v) is 12.3. The minimum absolute atomic E-state index is 0.254. The Morgan fingerprint density at radius 3 is 2.26 bits per heavy atom. The van der Waals surface area contributed by atoms with Crippen molar-refractivity contribution in [1.82, 2.24) is 10.2 Å². The number of nitrogens with zero attached hydrogens (tertiary/aromatic N) is 1. The number of hydrogen-bond donors (Lipinski definition) is 2. The van der Waals surface area contributed by atoms with Crippen molar-refractivity contribution in [2.24, 2.45) is 0 Å². The van der Waals surface area contributed by atoms with Gasteiger partial charge in [0, 0.05) is 0 Å². The molecule has 0 unspecified atom stereocenters. The highest BCUT2D eigenvalue weighted by molar-refractivity contribution is 6.06. The number of urea groups is 1. The lowest BCUT2D eigenvalue weighted by Crippen LogP contribution is -2.40. The van der Waals surface area contributed by atoms with Gasteiger partial charge in [0.2, 0.25) is 0 Å². The third-order valence-corrected chi connectivity index (χ3v) is 3.30. The number of alkyl halides is 3. The molecular formula is C14H15F3N2O4. The first-order chi connectivity index (χ1) is 10.5. The summed E-state index contributed by atoms with van der Waals surface area (Å²) in [5.74, 6) is -0.914. The van der Waals surface area contributed by atoms with Gasteiger partial charge in [-0.2, -0.15) is 0 Å². The summed E-state index contributed by atoms with van der Waals surface area (Å²) < 4.78 is 39.9. The largest absolute Gasteiger partial charge is 0.573 e. The standard InChI is InChI=1S/C14H15F3N2O4/c1-13(2)11(21)19(12(22)18-13)7-10(20)8-3-5-9(6-4-8)23-14(15,16)17/h3-6,10,20H,7H2,1-2H3,(H,18,22)/t10-/m1/s1. The molecule has 6 nitrogen and oxygen atoms in total. The van der Waals surface area contributed by atoms with Gasteiger partial charge in [0.1, 0.15) is 11.3 Å². The van der Waals surface area contributed by atoms with E-state index >= 15 is 0 Å². The van der Waals surface area contributed by atoms with Crippen molar-refractivity contribution in [2.45, 2.75) is 31.9 Å². The lowest BCUT2D eigenvalue weighted by molar-refractivity contribution is -0.274. The molecule has 1 fully saturated rings. The molecule has 0 radical (unpaired) electrons. The Morgan fingerprint density at radius 1 is 1.26 bits per heavy atom. The van der Waals surface area contributed by atoms with E-state index in [1.165, 1.54) is 26.0 Å². The summed E-state index contributed by atoms with van der Waals surface area (Å²) in [5, 5.41) is 12.5. The van der Waals surface area contributed by atoms with E-state index in [2.05, 4.69) is 10.1 Å². The molecule has 0 bridgehead atoms. The molecule has 3 amide bonds. The number of rotatable bonds is 4. The van der Waals surface area contributed by atoms with E-state index in [-0.39, 0.29) is 12.1 Å². The Kier molecular flexibility index (Phi) is 4.25. The molecule has 126 valence electrons. The number of amides is 3. The van der Waals surface area contributed by atoms with Crippen LogP contribution in [0.1, 0.15) is 25.5 Å². The van der Waals surface area contributed by atoms with Crippen LogP contribution in [0.5, 0.6) is 5.75 Å². The van der Waals surface area contributed by atoms with Crippen LogP contribution in [0, 0.1) is 0 Å². The normalized spacial score (nSPS) is 18.8. The topological polar surface area (TPSA) is 78.9 Å². The molecule has 23 heavy (non-hydrogen) atoms. The van der Waals surface area contributed by atoms with Crippen molar-refractivity contribution >= 4 is 11.9 Å². The lowest BCUT2D eigenvalue weighted by Gasteiger charge is -2.19. The number of benzene rings is 1. The van der Waals surface area contributed by atoms with Gasteiger partial charge >= 0.3 is 12.4 Å². The van der Waals surface area contributed by atoms with Crippen LogP contribution in [0.15, 0.2) is 24.3 Å². The van der Waals surface area contributed by atoms with E-state index in [1.807, 2.05) is 0 Å². The van der Waals surface area contributed by atoms with Gasteiger partial charge in [-0.1, -0.05) is 12.1 Å². The van der Waals surface area contributed by atoms with Crippen molar-refractivity contribution < 1.29 is 32.6 Å². The molecule has 1 atom stereocenters. The number of β-amino-alcohol motifs (C(OH)–C–C–N with tert-alkyl or cyclic N) is 1. The monoisotopic (exact) mass is 332 g/mol. The van der Waals surface area contributed by atoms with Gasteiger partial charge in [-0.05, 0) is 31.5 Å². The van der Waals surface area contributed by atoms with Crippen LogP contribution >= 0.6 is 0 Å². The number of hydrogen-bond acceptors (Lipinski definition) is 4. The third kappa shape index (κ3) is 3.92. The molecule has 1 aromatic rings. The molecular weight excluding hydrogens is 317 g/mol. The molecule has 1 aliphatic heterocycles. The molecule has 9 heteroatoms. The van der Waals surface area contributed by atoms with Crippen molar-refractivity contribution in [3.63, 3.8) is 0 Å². The number of halogens is 3. The van der Waals surface area contributed by atoms with E-state index in [0.29, 0.717) is 0 Å². The summed E-state index contributed by atoms with van der Waals surface area (Å²) in [5.41, 5.74) is -0.800. The van der Waals surface area contributed by atoms with Gasteiger partial charge in [-0.15, -0.1) is 13.2 Å². The Morgan fingerprint density at radius 2 is 1.83 bits per heavy atom. The lowest BCUT2D eigenvalue weighted by atomic mass is 10.1. The van der Waals surface area contributed by atoms with Crippen LogP contribution in [-0.4, -0.2) is 40.4 Å². The van der Waals surface area contributed by atoms with E-state index in [0.717, 1.165) is 17.0 Å². The van der Waals surface area contributed by atoms with E-state index in [4.69, 9.17) is 0 Å². The van der Waals surface area contributed by atoms with Crippen LogP contribution in [-0.2, 0) is 4.79 Å². The SMILES string of the molecule is CC1(C)NC(=O)N(C[C@@H](O)c2ccc(OC(F)(F)F)cc2)C1=O. The first kappa shape index (κ1) is 17.1. The molecule has 2 N–H and O–H groups in total. The van der Waals surface area contributed by atoms with E-state index in [1.54, 1.807) is 0 Å². The first-order valence-corrected chi connectivity index (χ1v) is 6.67. The summed E-state index contributed by atoms with van der Waals surface area (Å²) in [6, 6.07) is 3.92. The van der Waals surface area contributed by atoms with Crippen LogP contribution in [0.3, 0.4) is 0 Å². The highest BCUT2D eigenvalue weighted by Gasteiger charge is 2.44. The maximum atomic E-state index is 12.1. The van der Waals surface area contributed by atoms with Gasteiger partial charge < -0.3 is 15.2 Å². The minimum Gasteiger partial charge on any atom is -0.406 e. The van der Waals surface area contributed by atoms with Crippen LogP contribution < -0.4 is 10.1 Å². The number of aliphatic hydroxyl groups is 1. The Labute approximate surface area is 129 Å². The third-order valence-electron chi connectivity index (χ3n) is 3.30. The maximum absolute atomic E-state index is 12.1. The number of aliphatic hydroxyl groups excluding tert-OH is 1. The number of carbonyl (C=O) groups excluding carboxylic acids is 2. The summed E-state index contributed by atoms with van der Waals surface area (Å²) in [6.07, 6.45) is -6.02. The smallest absolute Gasteiger partial charge is 0.406 e. The molecule has 0 saturated carbocycles. The number of nitrogens with one attached hydrogen (secondary N) is 1. The number of carbonyl (C=O) groups is 2.